The van der Waals surface area contributed by atoms with Crippen LogP contribution in [0.2, 0.25) is 0 Å². The number of anilines is 1. The molecule has 1 atom stereocenters. The Morgan fingerprint density at radius 3 is 2.34 bits per heavy atom. The number of benzene rings is 2. The molecule has 2 aromatic carbocycles. The lowest BCUT2D eigenvalue weighted by Crippen LogP contribution is -2.30. The number of carbonyl (C=O) groups is 2. The molecule has 0 aliphatic heterocycles. The zero-order chi connectivity index (χ0) is 21.4. The van der Waals surface area contributed by atoms with Gasteiger partial charge in [0, 0.05) is 15.6 Å². The van der Waals surface area contributed by atoms with Crippen molar-refractivity contribution in [2.24, 2.45) is 5.41 Å². The van der Waals surface area contributed by atoms with Crippen molar-refractivity contribution in [3.63, 3.8) is 0 Å². The zero-order valence-electron chi connectivity index (χ0n) is 16.2. The lowest BCUT2D eigenvalue weighted by molar-refractivity contribution is -0.141. The molecule has 156 valence electrons. The second-order valence-corrected chi connectivity index (χ2v) is 8.36. The van der Waals surface area contributed by atoms with E-state index in [0.717, 1.165) is 10.0 Å². The molecule has 0 aromatic heterocycles. The molecule has 0 radical (unpaired) electrons. The van der Waals surface area contributed by atoms with Crippen LogP contribution in [0.5, 0.6) is 5.75 Å². The Kier molecular flexibility index (Phi) is 8.40. The minimum Gasteiger partial charge on any atom is -0.508 e. The number of thiol groups is 1. The van der Waals surface area contributed by atoms with Crippen molar-refractivity contribution in [2.75, 3.05) is 17.7 Å². The summed E-state index contributed by atoms with van der Waals surface area (Å²) >= 11 is 7.24. The van der Waals surface area contributed by atoms with Gasteiger partial charge in [0.15, 0.2) is 0 Å². The summed E-state index contributed by atoms with van der Waals surface area (Å²) < 4.78 is 11.8. The van der Waals surface area contributed by atoms with E-state index in [0.29, 0.717) is 12.1 Å². The van der Waals surface area contributed by atoms with E-state index in [-0.39, 0.29) is 18.1 Å². The van der Waals surface area contributed by atoms with Crippen molar-refractivity contribution in [3.05, 3.63) is 58.6 Å². The monoisotopic (exact) mass is 481 g/mol. The molecule has 6 nitrogen and oxygen atoms in total. The normalized spacial score (nSPS) is 12.1. The predicted molar refractivity (Wildman–Crippen MR) is 118 cm³/mol. The number of rotatable bonds is 8. The molecule has 1 amide bonds. The molecule has 0 saturated carbocycles. The van der Waals surface area contributed by atoms with Crippen LogP contribution < -0.4 is 5.32 Å². The fourth-order valence-corrected chi connectivity index (χ4v) is 3.08. The lowest BCUT2D eigenvalue weighted by atomic mass is 9.80. The first-order valence-electron chi connectivity index (χ1n) is 9.00. The van der Waals surface area contributed by atoms with Crippen molar-refractivity contribution in [1.82, 2.24) is 0 Å². The van der Waals surface area contributed by atoms with Gasteiger partial charge < -0.3 is 14.6 Å². The SMILES string of the molecule is CC(C)(CCOC(=O)CS)[C@@H](OC(=O)Nc1ccc(Br)cc1)c1ccc(O)cc1. The van der Waals surface area contributed by atoms with Crippen LogP contribution in [0.4, 0.5) is 10.5 Å². The number of phenols is 1. The van der Waals surface area contributed by atoms with E-state index in [4.69, 9.17) is 9.47 Å². The van der Waals surface area contributed by atoms with Crippen molar-refractivity contribution in [2.45, 2.75) is 26.4 Å². The maximum atomic E-state index is 12.5. The topological polar surface area (TPSA) is 84.9 Å². The summed E-state index contributed by atoms with van der Waals surface area (Å²) in [7, 11) is 0. The third-order valence-electron chi connectivity index (χ3n) is 4.36. The van der Waals surface area contributed by atoms with E-state index >= 15 is 0 Å². The summed E-state index contributed by atoms with van der Waals surface area (Å²) in [5, 5.41) is 12.3. The van der Waals surface area contributed by atoms with Gasteiger partial charge in [0.1, 0.15) is 11.9 Å². The molecule has 29 heavy (non-hydrogen) atoms. The van der Waals surface area contributed by atoms with E-state index in [2.05, 4.69) is 33.9 Å². The van der Waals surface area contributed by atoms with Gasteiger partial charge in [-0.2, -0.15) is 12.6 Å². The number of phenolic OH excluding ortho intramolecular Hbond substituents is 1. The van der Waals surface area contributed by atoms with E-state index in [9.17, 15) is 14.7 Å². The zero-order valence-corrected chi connectivity index (χ0v) is 18.7. The van der Waals surface area contributed by atoms with Crippen LogP contribution in [-0.4, -0.2) is 29.5 Å². The minimum atomic E-state index is -0.631. The van der Waals surface area contributed by atoms with Crippen LogP contribution in [0.3, 0.4) is 0 Å². The Morgan fingerprint density at radius 1 is 1.14 bits per heavy atom. The molecular weight excluding hydrogens is 458 g/mol. The third kappa shape index (κ3) is 7.29. The number of aromatic hydroxyl groups is 1. The molecule has 2 aromatic rings. The number of esters is 1. The second kappa shape index (κ2) is 10.5. The summed E-state index contributed by atoms with van der Waals surface area (Å²) in [4.78, 5) is 23.9. The molecule has 0 spiro atoms. The average molecular weight is 482 g/mol. The molecule has 0 bridgehead atoms. The highest BCUT2D eigenvalue weighted by atomic mass is 79.9. The third-order valence-corrected chi connectivity index (χ3v) is 5.15. The van der Waals surface area contributed by atoms with E-state index in [1.807, 2.05) is 26.0 Å². The van der Waals surface area contributed by atoms with Gasteiger partial charge in [0.05, 0.1) is 12.4 Å². The van der Waals surface area contributed by atoms with E-state index < -0.39 is 23.6 Å². The molecule has 2 N–H and O–H groups in total. The minimum absolute atomic E-state index is 0.00785. The van der Waals surface area contributed by atoms with Crippen LogP contribution in [0.1, 0.15) is 31.9 Å². The fraction of sp³-hybridized carbons (Fsp3) is 0.333. The van der Waals surface area contributed by atoms with Crippen molar-refractivity contribution in [3.8, 4) is 5.75 Å². The molecule has 0 unspecified atom stereocenters. The first kappa shape index (κ1) is 23.1. The highest BCUT2D eigenvalue weighted by molar-refractivity contribution is 9.10. The first-order chi connectivity index (χ1) is 13.7. The van der Waals surface area contributed by atoms with Gasteiger partial charge in [-0.15, -0.1) is 0 Å². The van der Waals surface area contributed by atoms with Gasteiger partial charge in [-0.25, -0.2) is 4.79 Å². The van der Waals surface area contributed by atoms with Crippen LogP contribution in [0, 0.1) is 5.41 Å². The molecular formula is C21H24BrNO5S. The molecule has 2 rings (SSSR count). The standard InChI is InChI=1S/C21H24BrNO5S/c1-21(2,11-12-27-18(25)13-29)19(14-3-9-17(24)10-4-14)28-20(26)23-16-7-5-15(22)6-8-16/h3-10,19,24,29H,11-13H2,1-2H3,(H,23,26)/t19-/m0/s1. The van der Waals surface area contributed by atoms with Gasteiger partial charge in [0.25, 0.3) is 0 Å². The van der Waals surface area contributed by atoms with Crippen molar-refractivity contribution < 1.29 is 24.2 Å². The molecule has 0 fully saturated rings. The Labute approximate surface area is 184 Å². The lowest BCUT2D eigenvalue weighted by Gasteiger charge is -2.34. The maximum absolute atomic E-state index is 12.5. The highest BCUT2D eigenvalue weighted by Gasteiger charge is 2.34. The van der Waals surface area contributed by atoms with Gasteiger partial charge in [0.2, 0.25) is 0 Å². The van der Waals surface area contributed by atoms with Crippen molar-refractivity contribution in [1.29, 1.82) is 0 Å². The summed E-state index contributed by atoms with van der Waals surface area (Å²) in [6, 6.07) is 13.6. The summed E-state index contributed by atoms with van der Waals surface area (Å²) in [6.07, 6.45) is -0.775. The van der Waals surface area contributed by atoms with Gasteiger partial charge >= 0.3 is 12.1 Å². The Morgan fingerprint density at radius 2 is 1.76 bits per heavy atom. The molecule has 8 heteroatoms. The summed E-state index contributed by atoms with van der Waals surface area (Å²) in [6.45, 7) is 4.02. The van der Waals surface area contributed by atoms with E-state index in [1.165, 1.54) is 12.1 Å². The Balaban J connectivity index is 2.15. The van der Waals surface area contributed by atoms with Crippen LogP contribution in [-0.2, 0) is 14.3 Å². The van der Waals surface area contributed by atoms with Crippen LogP contribution >= 0.6 is 28.6 Å². The number of nitrogens with one attached hydrogen (secondary N) is 1. The largest absolute Gasteiger partial charge is 0.508 e. The van der Waals surface area contributed by atoms with Gasteiger partial charge in [-0.05, 0) is 48.4 Å². The summed E-state index contributed by atoms with van der Waals surface area (Å²) in [5.41, 5.74) is 0.771. The number of halogens is 1. The Hall–Kier alpha value is -2.19. The number of ether oxygens (including phenoxy) is 2. The number of hydrogen-bond donors (Lipinski definition) is 3. The van der Waals surface area contributed by atoms with Crippen LogP contribution in [0.15, 0.2) is 53.0 Å². The number of amides is 1. The number of hydrogen-bond acceptors (Lipinski definition) is 6. The number of carbonyl (C=O) groups excluding carboxylic acids is 2. The van der Waals surface area contributed by atoms with E-state index in [1.54, 1.807) is 24.3 Å². The molecule has 0 aliphatic carbocycles. The maximum Gasteiger partial charge on any atom is 0.412 e. The quantitative estimate of drug-likeness (QED) is 0.350. The summed E-state index contributed by atoms with van der Waals surface area (Å²) in [5.74, 6) is -0.278. The first-order valence-corrected chi connectivity index (χ1v) is 10.4. The van der Waals surface area contributed by atoms with Gasteiger partial charge in [-0.3, -0.25) is 10.1 Å². The van der Waals surface area contributed by atoms with Gasteiger partial charge in [-0.1, -0.05) is 41.9 Å². The molecule has 0 heterocycles. The smallest absolute Gasteiger partial charge is 0.412 e. The average Bonchev–Trinajstić information content (AvgIpc) is 2.68. The predicted octanol–water partition coefficient (Wildman–Crippen LogP) is 5.33. The highest BCUT2D eigenvalue weighted by Crippen LogP contribution is 2.40. The molecule has 0 aliphatic rings. The second-order valence-electron chi connectivity index (χ2n) is 7.13. The molecule has 0 saturated heterocycles. The van der Waals surface area contributed by atoms with Crippen LogP contribution in [0.25, 0.3) is 0 Å². The fourth-order valence-electron chi connectivity index (χ4n) is 2.72. The van der Waals surface area contributed by atoms with Crippen molar-refractivity contribution >= 4 is 46.3 Å². The Bertz CT molecular complexity index is 824.